The SMILES string of the molecule is Cc1c(N2C[C@H]3C[C@H]3C2=O)cnc(Cn2cc([N+](=O)[O-])cn2)c1F. The Morgan fingerprint density at radius 2 is 2.25 bits per heavy atom. The molecule has 0 bridgehead atoms. The Morgan fingerprint density at radius 3 is 2.88 bits per heavy atom. The van der Waals surface area contributed by atoms with E-state index in [1.165, 1.54) is 17.1 Å². The van der Waals surface area contributed by atoms with Crippen molar-refractivity contribution in [2.75, 3.05) is 11.4 Å². The zero-order chi connectivity index (χ0) is 17.0. The normalized spacial score (nSPS) is 21.9. The highest BCUT2D eigenvalue weighted by Gasteiger charge is 2.52. The van der Waals surface area contributed by atoms with Gasteiger partial charge in [-0.05, 0) is 19.3 Å². The molecule has 1 aliphatic carbocycles. The van der Waals surface area contributed by atoms with Crippen LogP contribution in [0.3, 0.4) is 0 Å². The van der Waals surface area contributed by atoms with Gasteiger partial charge in [-0.25, -0.2) is 4.39 Å². The molecule has 3 heterocycles. The average molecular weight is 331 g/mol. The van der Waals surface area contributed by atoms with Crippen LogP contribution in [0.25, 0.3) is 0 Å². The number of anilines is 1. The highest BCUT2D eigenvalue weighted by atomic mass is 19.1. The molecule has 2 aliphatic rings. The summed E-state index contributed by atoms with van der Waals surface area (Å²) >= 11 is 0. The van der Waals surface area contributed by atoms with E-state index in [1.807, 2.05) is 0 Å². The fraction of sp³-hybridized carbons (Fsp3) is 0.400. The largest absolute Gasteiger partial charge is 0.310 e. The van der Waals surface area contributed by atoms with E-state index in [-0.39, 0.29) is 29.8 Å². The topological polar surface area (TPSA) is 94.2 Å². The van der Waals surface area contributed by atoms with Crippen LogP contribution < -0.4 is 4.90 Å². The Kier molecular flexibility index (Phi) is 3.12. The van der Waals surface area contributed by atoms with Crippen LogP contribution in [-0.4, -0.2) is 32.1 Å². The van der Waals surface area contributed by atoms with Crippen LogP contribution in [-0.2, 0) is 11.3 Å². The lowest BCUT2D eigenvalue weighted by Gasteiger charge is -2.21. The molecule has 0 N–H and O–H groups in total. The molecule has 24 heavy (non-hydrogen) atoms. The maximum absolute atomic E-state index is 14.6. The van der Waals surface area contributed by atoms with Crippen molar-refractivity contribution in [1.29, 1.82) is 0 Å². The summed E-state index contributed by atoms with van der Waals surface area (Å²) < 4.78 is 15.9. The van der Waals surface area contributed by atoms with Crippen molar-refractivity contribution in [2.45, 2.75) is 19.9 Å². The van der Waals surface area contributed by atoms with Gasteiger partial charge in [-0.3, -0.25) is 24.6 Å². The number of amides is 1. The molecular weight excluding hydrogens is 317 g/mol. The Hall–Kier alpha value is -2.84. The van der Waals surface area contributed by atoms with E-state index in [0.29, 0.717) is 23.7 Å². The molecule has 2 aromatic heterocycles. The Labute approximate surface area is 136 Å². The summed E-state index contributed by atoms with van der Waals surface area (Å²) in [6.45, 7) is 2.22. The highest BCUT2D eigenvalue weighted by Crippen LogP contribution is 2.47. The number of halogens is 1. The summed E-state index contributed by atoms with van der Waals surface area (Å²) in [6.07, 6.45) is 4.75. The fourth-order valence-electron chi connectivity index (χ4n) is 3.18. The smallest absolute Gasteiger partial charge is 0.307 e. The lowest BCUT2D eigenvalue weighted by molar-refractivity contribution is -0.385. The van der Waals surface area contributed by atoms with E-state index in [2.05, 4.69) is 10.1 Å². The summed E-state index contributed by atoms with van der Waals surface area (Å²) in [6, 6.07) is 0. The van der Waals surface area contributed by atoms with Crippen molar-refractivity contribution in [3.8, 4) is 0 Å². The second-order valence-electron chi connectivity index (χ2n) is 6.23. The van der Waals surface area contributed by atoms with E-state index < -0.39 is 10.7 Å². The van der Waals surface area contributed by atoms with Gasteiger partial charge in [-0.15, -0.1) is 0 Å². The van der Waals surface area contributed by atoms with Gasteiger partial charge in [0, 0.05) is 18.0 Å². The molecule has 124 valence electrons. The lowest BCUT2D eigenvalue weighted by atomic mass is 10.1. The summed E-state index contributed by atoms with van der Waals surface area (Å²) in [4.78, 5) is 28.0. The fourth-order valence-corrected chi connectivity index (χ4v) is 3.18. The van der Waals surface area contributed by atoms with Gasteiger partial charge in [0.15, 0.2) is 5.82 Å². The molecule has 1 saturated heterocycles. The van der Waals surface area contributed by atoms with Gasteiger partial charge in [0.2, 0.25) is 5.91 Å². The van der Waals surface area contributed by atoms with E-state index in [1.54, 1.807) is 11.8 Å². The van der Waals surface area contributed by atoms with Crippen LogP contribution in [0.15, 0.2) is 18.6 Å². The van der Waals surface area contributed by atoms with Gasteiger partial charge in [0.05, 0.1) is 29.0 Å². The van der Waals surface area contributed by atoms with E-state index in [4.69, 9.17) is 0 Å². The van der Waals surface area contributed by atoms with Crippen LogP contribution in [0.1, 0.15) is 17.7 Å². The van der Waals surface area contributed by atoms with Crippen molar-refractivity contribution in [3.05, 3.63) is 45.8 Å². The Balaban J connectivity index is 1.60. The number of nitrogens with zero attached hydrogens (tertiary/aromatic N) is 5. The van der Waals surface area contributed by atoms with Crippen LogP contribution in [0.2, 0.25) is 0 Å². The zero-order valence-corrected chi connectivity index (χ0v) is 12.8. The predicted molar refractivity (Wildman–Crippen MR) is 80.9 cm³/mol. The van der Waals surface area contributed by atoms with Gasteiger partial charge < -0.3 is 4.90 Å². The molecule has 9 heteroatoms. The number of rotatable bonds is 4. The predicted octanol–water partition coefficient (Wildman–Crippen LogP) is 1.66. The first-order valence-electron chi connectivity index (χ1n) is 7.58. The van der Waals surface area contributed by atoms with E-state index in [9.17, 15) is 19.3 Å². The number of aromatic nitrogens is 3. The third-order valence-electron chi connectivity index (χ3n) is 4.67. The van der Waals surface area contributed by atoms with E-state index >= 15 is 0 Å². The molecule has 2 atom stereocenters. The van der Waals surface area contributed by atoms with Gasteiger partial charge in [-0.1, -0.05) is 0 Å². The molecule has 4 rings (SSSR count). The number of hydrogen-bond acceptors (Lipinski definition) is 5. The first-order valence-corrected chi connectivity index (χ1v) is 7.58. The van der Waals surface area contributed by atoms with Crippen molar-refractivity contribution in [1.82, 2.24) is 14.8 Å². The maximum atomic E-state index is 14.6. The highest BCUT2D eigenvalue weighted by molar-refractivity contribution is 6.00. The van der Waals surface area contributed by atoms with Gasteiger partial charge in [0.25, 0.3) is 0 Å². The number of piperidine rings is 1. The molecule has 1 saturated carbocycles. The second kappa shape index (κ2) is 5.08. The monoisotopic (exact) mass is 331 g/mol. The van der Waals surface area contributed by atoms with Crippen LogP contribution in [0.4, 0.5) is 15.8 Å². The van der Waals surface area contributed by atoms with Crippen LogP contribution >= 0.6 is 0 Å². The van der Waals surface area contributed by atoms with Crippen molar-refractivity contribution in [3.63, 3.8) is 0 Å². The maximum Gasteiger partial charge on any atom is 0.307 e. The molecule has 0 spiro atoms. The minimum atomic E-state index is -0.564. The lowest BCUT2D eigenvalue weighted by Crippen LogP contribution is -2.29. The third-order valence-corrected chi connectivity index (χ3v) is 4.67. The molecule has 0 aromatic carbocycles. The minimum absolute atomic E-state index is 0.0139. The first kappa shape index (κ1) is 14.7. The number of fused-ring (bicyclic) bond motifs is 1. The molecule has 8 nitrogen and oxygen atoms in total. The number of carbonyl (C=O) groups is 1. The van der Waals surface area contributed by atoms with Crippen molar-refractivity contribution < 1.29 is 14.1 Å². The first-order chi connectivity index (χ1) is 11.5. The number of hydrogen-bond donors (Lipinski definition) is 0. The zero-order valence-electron chi connectivity index (χ0n) is 12.8. The molecule has 2 aromatic rings. The summed E-state index contributed by atoms with van der Waals surface area (Å²) in [7, 11) is 0. The Morgan fingerprint density at radius 1 is 1.46 bits per heavy atom. The number of pyridine rings is 1. The molecule has 1 amide bonds. The molecular formula is C15H14FN5O3. The van der Waals surface area contributed by atoms with Crippen LogP contribution in [0, 0.1) is 34.7 Å². The van der Waals surface area contributed by atoms with Gasteiger partial charge >= 0.3 is 5.69 Å². The summed E-state index contributed by atoms with van der Waals surface area (Å²) in [5.41, 5.74) is 0.827. The van der Waals surface area contributed by atoms with E-state index in [0.717, 1.165) is 12.6 Å². The van der Waals surface area contributed by atoms with Gasteiger partial charge in [-0.2, -0.15) is 5.10 Å². The number of carbonyl (C=O) groups excluding carboxylic acids is 1. The molecule has 0 unspecified atom stereocenters. The van der Waals surface area contributed by atoms with Crippen molar-refractivity contribution >= 4 is 17.3 Å². The second-order valence-corrected chi connectivity index (χ2v) is 6.23. The standard InChI is InChI=1S/C15H14FN5O3/c1-8-13(20-5-9-2-11(9)15(20)22)4-17-12(14(8)16)7-19-6-10(3-18-19)21(23)24/h3-4,6,9,11H,2,5,7H2,1H3/t9-,11-/m1/s1. The Bertz CT molecular complexity index is 865. The van der Waals surface area contributed by atoms with Crippen LogP contribution in [0.5, 0.6) is 0 Å². The molecule has 0 radical (unpaired) electrons. The minimum Gasteiger partial charge on any atom is -0.310 e. The van der Waals surface area contributed by atoms with Crippen molar-refractivity contribution in [2.24, 2.45) is 11.8 Å². The number of nitro groups is 1. The van der Waals surface area contributed by atoms with Gasteiger partial charge in [0.1, 0.15) is 12.4 Å². The third kappa shape index (κ3) is 2.24. The molecule has 1 aliphatic heterocycles. The molecule has 2 fully saturated rings. The quantitative estimate of drug-likeness (QED) is 0.627. The summed E-state index contributed by atoms with van der Waals surface area (Å²) in [5.74, 6) is 0.0137. The summed E-state index contributed by atoms with van der Waals surface area (Å²) in [5, 5.41) is 14.5. The average Bonchev–Trinajstić information content (AvgIpc) is 3.03.